The summed E-state index contributed by atoms with van der Waals surface area (Å²) in [4.78, 5) is 14.0. The molecule has 5 nitrogen and oxygen atoms in total. The Morgan fingerprint density at radius 3 is 2.27 bits per heavy atom. The van der Waals surface area contributed by atoms with Gasteiger partial charge in [-0.25, -0.2) is 0 Å². The van der Waals surface area contributed by atoms with Crippen molar-refractivity contribution < 1.29 is 30.6 Å². The van der Waals surface area contributed by atoms with Crippen molar-refractivity contribution >= 4 is 16.0 Å². The van der Waals surface area contributed by atoms with Gasteiger partial charge in [-0.15, -0.1) is 0 Å². The van der Waals surface area contributed by atoms with Gasteiger partial charge in [-0.2, -0.15) is 21.6 Å². The molecule has 0 aliphatic rings. The zero-order valence-electron chi connectivity index (χ0n) is 19.4. The number of halogens is 3. The lowest BCUT2D eigenvalue weighted by atomic mass is 9.91. The van der Waals surface area contributed by atoms with Gasteiger partial charge in [-0.05, 0) is 43.0 Å². The number of alkyl halides is 3. The minimum absolute atomic E-state index is 0.0354. The van der Waals surface area contributed by atoms with E-state index in [2.05, 4.69) is 0 Å². The third-order valence-corrected chi connectivity index (χ3v) is 6.32. The van der Waals surface area contributed by atoms with Crippen molar-refractivity contribution in [1.82, 2.24) is 4.90 Å². The minimum atomic E-state index is -4.69. The van der Waals surface area contributed by atoms with Crippen LogP contribution in [0.25, 0.3) is 0 Å². The fourth-order valence-corrected chi connectivity index (χ4v) is 4.17. The van der Waals surface area contributed by atoms with Crippen molar-refractivity contribution in [3.63, 3.8) is 0 Å². The molecule has 0 aromatic heterocycles. The molecule has 0 heterocycles. The third-order valence-electron chi connectivity index (χ3n) is 5.09. The zero-order valence-corrected chi connectivity index (χ0v) is 20.3. The topological polar surface area (TPSA) is 63.7 Å². The van der Waals surface area contributed by atoms with Crippen molar-refractivity contribution in [3.05, 3.63) is 59.7 Å². The van der Waals surface area contributed by atoms with E-state index in [0.717, 1.165) is 18.2 Å². The Morgan fingerprint density at radius 2 is 1.70 bits per heavy atom. The second-order valence-electron chi connectivity index (χ2n) is 9.19. The van der Waals surface area contributed by atoms with Crippen molar-refractivity contribution in [2.24, 2.45) is 5.41 Å². The molecule has 0 bridgehead atoms. The molecule has 0 saturated carbocycles. The van der Waals surface area contributed by atoms with Crippen LogP contribution >= 0.6 is 0 Å². The Morgan fingerprint density at radius 1 is 1.06 bits per heavy atom. The lowest BCUT2D eigenvalue weighted by Gasteiger charge is -2.32. The highest BCUT2D eigenvalue weighted by Gasteiger charge is 2.32. The summed E-state index contributed by atoms with van der Waals surface area (Å²) in [5.74, 6) is -0.112. The van der Waals surface area contributed by atoms with Crippen LogP contribution in [-0.2, 0) is 27.6 Å². The summed E-state index contributed by atoms with van der Waals surface area (Å²) >= 11 is 0. The van der Waals surface area contributed by atoms with Gasteiger partial charge in [0.15, 0.2) is 0 Å². The molecular weight excluding hydrogens is 455 g/mol. The van der Waals surface area contributed by atoms with Gasteiger partial charge in [0.2, 0.25) is 5.91 Å². The van der Waals surface area contributed by atoms with Crippen LogP contribution in [0.3, 0.4) is 0 Å². The summed E-state index contributed by atoms with van der Waals surface area (Å²) in [7, 11) is -4.53. The highest BCUT2D eigenvalue weighted by molar-refractivity contribution is 7.87. The summed E-state index contributed by atoms with van der Waals surface area (Å²) in [5.41, 5.74) is -0.877. The van der Waals surface area contributed by atoms with Gasteiger partial charge in [0.25, 0.3) is 0 Å². The second kappa shape index (κ2) is 10.2. The van der Waals surface area contributed by atoms with Gasteiger partial charge in [-0.3, -0.25) is 4.79 Å². The lowest BCUT2D eigenvalue weighted by molar-refractivity contribution is -0.138. The first-order chi connectivity index (χ1) is 15.1. The van der Waals surface area contributed by atoms with Gasteiger partial charge in [0.1, 0.15) is 10.6 Å². The third kappa shape index (κ3) is 7.48. The molecule has 9 heteroatoms. The molecule has 1 atom stereocenters. The Bertz CT molecular complexity index is 1080. The number of rotatable bonds is 8. The van der Waals surface area contributed by atoms with Crippen molar-refractivity contribution in [3.8, 4) is 5.75 Å². The smallest absolute Gasteiger partial charge is 0.379 e. The molecule has 1 unspecified atom stereocenters. The van der Waals surface area contributed by atoms with Crippen LogP contribution in [0, 0.1) is 5.41 Å². The standard InChI is InChI=1S/C24H30F3NO4S/c1-6-17(2)28(22(29)15-23(3,4)5)16-18-10-7-8-13-21(18)32-33(30,31)20-12-9-11-19(14-20)24(25,26)27/h7-14,17H,6,15-16H2,1-5H3. The summed E-state index contributed by atoms with van der Waals surface area (Å²) in [6.07, 6.45) is -3.68. The van der Waals surface area contributed by atoms with Crippen LogP contribution in [0.1, 0.15) is 58.6 Å². The summed E-state index contributed by atoms with van der Waals surface area (Å²) in [6.45, 7) is 9.83. The second-order valence-corrected chi connectivity index (χ2v) is 10.7. The Hall–Kier alpha value is -2.55. The maximum absolute atomic E-state index is 13.0. The van der Waals surface area contributed by atoms with Crippen molar-refractivity contribution in [1.29, 1.82) is 0 Å². The highest BCUT2D eigenvalue weighted by atomic mass is 32.2. The first-order valence-corrected chi connectivity index (χ1v) is 12.0. The molecule has 0 aliphatic carbocycles. The van der Waals surface area contributed by atoms with E-state index in [0.29, 0.717) is 24.5 Å². The summed E-state index contributed by atoms with van der Waals surface area (Å²) < 4.78 is 69.8. The van der Waals surface area contributed by atoms with E-state index in [-0.39, 0.29) is 29.7 Å². The molecule has 2 aromatic carbocycles. The van der Waals surface area contributed by atoms with E-state index >= 15 is 0 Å². The predicted octanol–water partition coefficient (Wildman–Crippen LogP) is 6.04. The van der Waals surface area contributed by atoms with Crippen LogP contribution in [-0.4, -0.2) is 25.3 Å². The van der Waals surface area contributed by atoms with Crippen LogP contribution in [0.5, 0.6) is 5.75 Å². The zero-order chi connectivity index (χ0) is 25.0. The van der Waals surface area contributed by atoms with E-state index in [1.54, 1.807) is 23.1 Å². The maximum Gasteiger partial charge on any atom is 0.416 e. The largest absolute Gasteiger partial charge is 0.416 e. The number of amides is 1. The number of para-hydroxylation sites is 1. The first kappa shape index (κ1) is 26.7. The Kier molecular flexibility index (Phi) is 8.22. The monoisotopic (exact) mass is 485 g/mol. The fraction of sp³-hybridized carbons (Fsp3) is 0.458. The Balaban J connectivity index is 2.37. The lowest BCUT2D eigenvalue weighted by Crippen LogP contribution is -2.39. The average Bonchev–Trinajstić information content (AvgIpc) is 2.70. The number of nitrogens with zero attached hydrogens (tertiary/aromatic N) is 1. The van der Waals surface area contributed by atoms with Crippen molar-refractivity contribution in [2.75, 3.05) is 0 Å². The van der Waals surface area contributed by atoms with E-state index in [9.17, 15) is 26.4 Å². The van der Waals surface area contributed by atoms with Gasteiger partial charge in [0.05, 0.1) is 5.56 Å². The van der Waals surface area contributed by atoms with Gasteiger partial charge in [-0.1, -0.05) is 52.0 Å². The molecule has 0 aliphatic heterocycles. The molecule has 182 valence electrons. The molecule has 0 N–H and O–H groups in total. The van der Waals surface area contributed by atoms with Gasteiger partial charge < -0.3 is 9.08 Å². The van der Waals surface area contributed by atoms with Crippen LogP contribution in [0.2, 0.25) is 0 Å². The molecule has 0 fully saturated rings. The van der Waals surface area contributed by atoms with E-state index < -0.39 is 26.8 Å². The minimum Gasteiger partial charge on any atom is -0.379 e. The highest BCUT2D eigenvalue weighted by Crippen LogP contribution is 2.32. The molecule has 33 heavy (non-hydrogen) atoms. The molecule has 1 amide bonds. The number of benzene rings is 2. The van der Waals surface area contributed by atoms with Crippen molar-refractivity contribution in [2.45, 2.75) is 71.1 Å². The first-order valence-electron chi connectivity index (χ1n) is 10.6. The number of hydrogen-bond donors (Lipinski definition) is 0. The van der Waals surface area contributed by atoms with Crippen LogP contribution < -0.4 is 4.18 Å². The van der Waals surface area contributed by atoms with Gasteiger partial charge >= 0.3 is 16.3 Å². The molecule has 0 radical (unpaired) electrons. The maximum atomic E-state index is 13.0. The normalized spacial score (nSPS) is 13.5. The van der Waals surface area contributed by atoms with E-state index in [1.165, 1.54) is 6.07 Å². The van der Waals surface area contributed by atoms with Crippen LogP contribution in [0.15, 0.2) is 53.4 Å². The van der Waals surface area contributed by atoms with Crippen LogP contribution in [0.4, 0.5) is 13.2 Å². The summed E-state index contributed by atoms with van der Waals surface area (Å²) in [5, 5.41) is 0. The summed E-state index contributed by atoms with van der Waals surface area (Å²) in [6, 6.07) is 9.58. The fourth-order valence-electron chi connectivity index (χ4n) is 3.16. The quantitative estimate of drug-likeness (QED) is 0.428. The number of carbonyl (C=O) groups excluding carboxylic acids is 1. The number of carbonyl (C=O) groups is 1. The molecule has 0 spiro atoms. The molecular formula is C24H30F3NO4S. The SMILES string of the molecule is CCC(C)N(Cc1ccccc1OS(=O)(=O)c1cccc(C(F)(F)F)c1)C(=O)CC(C)(C)C. The van der Waals surface area contributed by atoms with E-state index in [4.69, 9.17) is 4.18 Å². The molecule has 0 saturated heterocycles. The van der Waals surface area contributed by atoms with E-state index in [1.807, 2.05) is 34.6 Å². The molecule has 2 aromatic rings. The Labute approximate surface area is 193 Å². The number of hydrogen-bond acceptors (Lipinski definition) is 4. The average molecular weight is 486 g/mol. The van der Waals surface area contributed by atoms with Gasteiger partial charge in [0, 0.05) is 24.6 Å². The molecule has 2 rings (SSSR count). The predicted molar refractivity (Wildman–Crippen MR) is 120 cm³/mol.